The molecule has 5 rings (SSSR count). The molecule has 1 saturated heterocycles. The third kappa shape index (κ3) is 6.17. The fourth-order valence-electron chi connectivity index (χ4n) is 5.66. The van der Waals surface area contributed by atoms with E-state index >= 15 is 0 Å². The summed E-state index contributed by atoms with van der Waals surface area (Å²) in [6.45, 7) is 10.5. The SMILES string of the molecule is CCN(CC)C(=O)c1ccc(Cc2ccccc2OCC(C)N2CCC(n3cnc4ccccc43)CC2)cc1. The van der Waals surface area contributed by atoms with E-state index in [2.05, 4.69) is 69.9 Å². The predicted molar refractivity (Wildman–Crippen MR) is 157 cm³/mol. The van der Waals surface area contributed by atoms with Crippen LogP contribution in [0.4, 0.5) is 0 Å². The molecule has 0 aliphatic carbocycles. The Balaban J connectivity index is 1.15. The van der Waals surface area contributed by atoms with Crippen molar-refractivity contribution in [2.75, 3.05) is 32.8 Å². The van der Waals surface area contributed by atoms with E-state index in [-0.39, 0.29) is 5.91 Å². The fraction of sp³-hybridized carbons (Fsp3) is 0.394. The van der Waals surface area contributed by atoms with Crippen LogP contribution in [0.15, 0.2) is 79.1 Å². The topological polar surface area (TPSA) is 50.6 Å². The van der Waals surface area contributed by atoms with Crippen molar-refractivity contribution in [1.82, 2.24) is 19.4 Å². The number of amides is 1. The molecule has 6 heteroatoms. The lowest BCUT2D eigenvalue weighted by Gasteiger charge is -2.36. The van der Waals surface area contributed by atoms with Crippen LogP contribution in [0.25, 0.3) is 11.0 Å². The van der Waals surface area contributed by atoms with Crippen LogP contribution in [0.3, 0.4) is 0 Å². The lowest BCUT2D eigenvalue weighted by molar-refractivity contribution is 0.0773. The molecular formula is C33H40N4O2. The smallest absolute Gasteiger partial charge is 0.253 e. The van der Waals surface area contributed by atoms with Gasteiger partial charge in [-0.1, -0.05) is 42.5 Å². The quantitative estimate of drug-likeness (QED) is 0.247. The second-order valence-electron chi connectivity index (χ2n) is 10.5. The van der Waals surface area contributed by atoms with E-state index < -0.39 is 0 Å². The summed E-state index contributed by atoms with van der Waals surface area (Å²) in [5, 5.41) is 0. The van der Waals surface area contributed by atoms with E-state index in [1.165, 1.54) is 16.6 Å². The van der Waals surface area contributed by atoms with Gasteiger partial charge in [-0.25, -0.2) is 4.98 Å². The van der Waals surface area contributed by atoms with Gasteiger partial charge in [0.1, 0.15) is 12.4 Å². The predicted octanol–water partition coefficient (Wildman–Crippen LogP) is 6.21. The number of nitrogens with zero attached hydrogens (tertiary/aromatic N) is 4. The minimum absolute atomic E-state index is 0.0895. The Morgan fingerprint density at radius 3 is 2.41 bits per heavy atom. The summed E-state index contributed by atoms with van der Waals surface area (Å²) >= 11 is 0. The molecule has 0 spiro atoms. The van der Waals surface area contributed by atoms with Crippen LogP contribution >= 0.6 is 0 Å². The number of benzene rings is 3. The van der Waals surface area contributed by atoms with E-state index in [0.717, 1.165) is 62.3 Å². The normalized spacial score (nSPS) is 15.4. The van der Waals surface area contributed by atoms with Crippen LogP contribution in [-0.4, -0.2) is 64.1 Å². The Bertz CT molecular complexity index is 1370. The van der Waals surface area contributed by atoms with Gasteiger partial charge in [-0.2, -0.15) is 0 Å². The van der Waals surface area contributed by atoms with Gasteiger partial charge in [-0.3, -0.25) is 9.69 Å². The number of para-hydroxylation sites is 3. The molecule has 1 amide bonds. The monoisotopic (exact) mass is 524 g/mol. The van der Waals surface area contributed by atoms with Crippen molar-refractivity contribution in [2.24, 2.45) is 0 Å². The molecule has 39 heavy (non-hydrogen) atoms. The van der Waals surface area contributed by atoms with Crippen molar-refractivity contribution in [3.8, 4) is 5.75 Å². The van der Waals surface area contributed by atoms with Gasteiger partial charge < -0.3 is 14.2 Å². The maximum atomic E-state index is 12.6. The van der Waals surface area contributed by atoms with Gasteiger partial charge in [0.25, 0.3) is 5.91 Å². The lowest BCUT2D eigenvalue weighted by atomic mass is 10.0. The van der Waals surface area contributed by atoms with E-state index in [1.54, 1.807) is 0 Å². The van der Waals surface area contributed by atoms with E-state index in [4.69, 9.17) is 4.74 Å². The molecule has 6 nitrogen and oxygen atoms in total. The Labute approximate surface area is 232 Å². The summed E-state index contributed by atoms with van der Waals surface area (Å²) in [5.74, 6) is 1.03. The minimum Gasteiger partial charge on any atom is -0.492 e. The molecule has 1 aliphatic heterocycles. The Hall–Kier alpha value is -3.64. The van der Waals surface area contributed by atoms with Crippen LogP contribution in [0.2, 0.25) is 0 Å². The van der Waals surface area contributed by atoms with E-state index in [0.29, 0.717) is 18.7 Å². The first-order valence-electron chi connectivity index (χ1n) is 14.3. The highest BCUT2D eigenvalue weighted by Gasteiger charge is 2.25. The third-order valence-electron chi connectivity index (χ3n) is 8.10. The van der Waals surface area contributed by atoms with E-state index in [9.17, 15) is 4.79 Å². The average Bonchev–Trinajstić information content (AvgIpc) is 3.42. The van der Waals surface area contributed by atoms with Crippen molar-refractivity contribution in [3.63, 3.8) is 0 Å². The van der Waals surface area contributed by atoms with Gasteiger partial charge >= 0.3 is 0 Å². The van der Waals surface area contributed by atoms with Gasteiger partial charge in [0.2, 0.25) is 0 Å². The number of carbonyl (C=O) groups excluding carboxylic acids is 1. The number of likely N-dealkylation sites (tertiary alicyclic amines) is 1. The molecule has 0 N–H and O–H groups in total. The van der Waals surface area contributed by atoms with Crippen molar-refractivity contribution in [3.05, 3.63) is 95.8 Å². The highest BCUT2D eigenvalue weighted by molar-refractivity contribution is 5.94. The zero-order chi connectivity index (χ0) is 27.2. The van der Waals surface area contributed by atoms with Crippen molar-refractivity contribution in [1.29, 1.82) is 0 Å². The number of carbonyl (C=O) groups is 1. The molecule has 3 aromatic carbocycles. The van der Waals surface area contributed by atoms with Gasteiger partial charge in [-0.05, 0) is 75.1 Å². The lowest BCUT2D eigenvalue weighted by Crippen LogP contribution is -2.43. The number of hydrogen-bond donors (Lipinski definition) is 0. The van der Waals surface area contributed by atoms with Crippen LogP contribution in [-0.2, 0) is 6.42 Å². The number of aromatic nitrogens is 2. The molecule has 1 unspecified atom stereocenters. The number of rotatable bonds is 10. The summed E-state index contributed by atoms with van der Waals surface area (Å²) in [7, 11) is 0. The molecule has 1 aromatic heterocycles. The molecule has 2 heterocycles. The largest absolute Gasteiger partial charge is 0.492 e. The van der Waals surface area contributed by atoms with Crippen molar-refractivity contribution >= 4 is 16.9 Å². The first-order valence-corrected chi connectivity index (χ1v) is 14.3. The Kier molecular flexibility index (Phi) is 8.62. The summed E-state index contributed by atoms with van der Waals surface area (Å²) in [5.41, 5.74) is 5.38. The summed E-state index contributed by atoms with van der Waals surface area (Å²) < 4.78 is 8.74. The van der Waals surface area contributed by atoms with Crippen LogP contribution < -0.4 is 4.74 Å². The Morgan fingerprint density at radius 1 is 0.974 bits per heavy atom. The number of piperidine rings is 1. The second-order valence-corrected chi connectivity index (χ2v) is 10.5. The van der Waals surface area contributed by atoms with Crippen LogP contribution in [0.1, 0.15) is 61.1 Å². The number of hydrogen-bond acceptors (Lipinski definition) is 4. The van der Waals surface area contributed by atoms with Crippen molar-refractivity contribution < 1.29 is 9.53 Å². The molecular weight excluding hydrogens is 484 g/mol. The average molecular weight is 525 g/mol. The van der Waals surface area contributed by atoms with Gasteiger partial charge in [0.05, 0.1) is 17.4 Å². The fourth-order valence-corrected chi connectivity index (χ4v) is 5.66. The Morgan fingerprint density at radius 2 is 1.67 bits per heavy atom. The maximum absolute atomic E-state index is 12.6. The molecule has 1 atom stereocenters. The zero-order valence-electron chi connectivity index (χ0n) is 23.4. The first-order chi connectivity index (χ1) is 19.1. The molecule has 1 fully saturated rings. The number of imidazole rings is 1. The van der Waals surface area contributed by atoms with Gasteiger partial charge in [-0.15, -0.1) is 0 Å². The standard InChI is InChI=1S/C33H40N4O2/c1-4-35(5-2)33(38)27-16-14-26(15-17-27)22-28-10-6-9-13-32(28)39-23-25(3)36-20-18-29(19-21-36)37-24-34-30-11-7-8-12-31(30)37/h6-17,24-25,29H,4-5,18-23H2,1-3H3. The number of ether oxygens (including phenoxy) is 1. The molecule has 0 saturated carbocycles. The first kappa shape index (κ1) is 26.9. The maximum Gasteiger partial charge on any atom is 0.253 e. The van der Waals surface area contributed by atoms with Gasteiger partial charge in [0.15, 0.2) is 0 Å². The van der Waals surface area contributed by atoms with Gasteiger partial charge in [0, 0.05) is 50.2 Å². The minimum atomic E-state index is 0.0895. The van der Waals surface area contributed by atoms with E-state index in [1.807, 2.05) is 49.3 Å². The van der Waals surface area contributed by atoms with Crippen molar-refractivity contribution in [2.45, 2.75) is 52.1 Å². The molecule has 204 valence electrons. The summed E-state index contributed by atoms with van der Waals surface area (Å²) in [6, 6.07) is 25.5. The second kappa shape index (κ2) is 12.5. The molecule has 0 bridgehead atoms. The zero-order valence-corrected chi connectivity index (χ0v) is 23.4. The molecule has 4 aromatic rings. The highest BCUT2D eigenvalue weighted by Crippen LogP contribution is 2.28. The number of fused-ring (bicyclic) bond motifs is 1. The molecule has 1 aliphatic rings. The summed E-state index contributed by atoms with van der Waals surface area (Å²) in [4.78, 5) is 21.6. The van der Waals surface area contributed by atoms with Crippen LogP contribution in [0, 0.1) is 0 Å². The highest BCUT2D eigenvalue weighted by atomic mass is 16.5. The molecule has 0 radical (unpaired) electrons. The third-order valence-corrected chi connectivity index (χ3v) is 8.10. The van der Waals surface area contributed by atoms with Crippen LogP contribution in [0.5, 0.6) is 5.75 Å². The summed E-state index contributed by atoms with van der Waals surface area (Å²) in [6.07, 6.45) is 5.02.